The van der Waals surface area contributed by atoms with Gasteiger partial charge >= 0.3 is 12.1 Å². The van der Waals surface area contributed by atoms with E-state index in [9.17, 15) is 27.1 Å². The predicted molar refractivity (Wildman–Crippen MR) is 62.8 cm³/mol. The van der Waals surface area contributed by atoms with Crippen LogP contribution in [0.15, 0.2) is 24.3 Å². The number of hydrogen-bond donors (Lipinski definition) is 1. The van der Waals surface area contributed by atoms with Gasteiger partial charge in [-0.25, -0.2) is 0 Å². The lowest BCUT2D eigenvalue weighted by molar-refractivity contribution is -0.290. The van der Waals surface area contributed by atoms with Gasteiger partial charge in [-0.3, -0.25) is 0 Å². The average Bonchev–Trinajstić information content (AvgIpc) is 2.26. The average molecular weight is 298 g/mol. The van der Waals surface area contributed by atoms with Gasteiger partial charge in [0.25, 0.3) is 0 Å². The van der Waals surface area contributed by atoms with Gasteiger partial charge in [-0.1, -0.05) is 18.2 Å². The van der Waals surface area contributed by atoms with Crippen molar-refractivity contribution in [1.29, 1.82) is 0 Å². The zero-order valence-corrected chi connectivity index (χ0v) is 10.9. The Morgan fingerprint density at radius 1 is 1.10 bits per heavy atom. The zero-order valence-electron chi connectivity index (χ0n) is 10.9. The topological polar surface area (TPSA) is 29.5 Å². The molecule has 0 aliphatic rings. The highest BCUT2D eigenvalue weighted by Crippen LogP contribution is 2.42. The van der Waals surface area contributed by atoms with Gasteiger partial charge in [-0.15, -0.1) is 0 Å². The second kappa shape index (κ2) is 5.95. The molecule has 0 aliphatic carbocycles. The fourth-order valence-corrected chi connectivity index (χ4v) is 1.59. The van der Waals surface area contributed by atoms with Gasteiger partial charge < -0.3 is 9.84 Å². The number of halogens is 5. The highest BCUT2D eigenvalue weighted by molar-refractivity contribution is 5.35. The highest BCUT2D eigenvalue weighted by atomic mass is 19.4. The van der Waals surface area contributed by atoms with Gasteiger partial charge in [0.2, 0.25) is 0 Å². The number of aliphatic hydroxyl groups excluding tert-OH is 1. The van der Waals surface area contributed by atoms with E-state index in [1.54, 1.807) is 13.8 Å². The van der Waals surface area contributed by atoms with E-state index in [0.29, 0.717) is 0 Å². The Balaban J connectivity index is 2.96. The Hall–Kier alpha value is -1.37. The van der Waals surface area contributed by atoms with Crippen LogP contribution in [0.4, 0.5) is 22.0 Å². The molecule has 0 heterocycles. The van der Waals surface area contributed by atoms with Gasteiger partial charge in [0.05, 0.1) is 18.6 Å². The first-order valence-corrected chi connectivity index (χ1v) is 5.93. The molecule has 0 aromatic heterocycles. The van der Waals surface area contributed by atoms with E-state index in [0.717, 1.165) is 0 Å². The largest absolute Gasteiger partial charge is 0.491 e. The summed E-state index contributed by atoms with van der Waals surface area (Å²) in [7, 11) is 0. The summed E-state index contributed by atoms with van der Waals surface area (Å²) in [6, 6.07) is 5.63. The number of ether oxygens (including phenoxy) is 1. The number of para-hydroxylation sites is 1. The molecule has 0 aliphatic heterocycles. The minimum Gasteiger partial charge on any atom is -0.491 e. The number of aliphatic hydroxyl groups is 1. The fraction of sp³-hybridized carbons (Fsp3) is 0.538. The Morgan fingerprint density at radius 3 is 2.15 bits per heavy atom. The molecule has 2 nitrogen and oxygen atoms in total. The fourth-order valence-electron chi connectivity index (χ4n) is 1.59. The number of rotatable bonds is 5. The molecule has 1 N–H and O–H groups in total. The van der Waals surface area contributed by atoms with Crippen molar-refractivity contribution in [1.82, 2.24) is 0 Å². The van der Waals surface area contributed by atoms with E-state index < -0.39 is 24.6 Å². The molecule has 20 heavy (non-hydrogen) atoms. The van der Waals surface area contributed by atoms with E-state index in [1.807, 2.05) is 0 Å². The van der Waals surface area contributed by atoms with Gasteiger partial charge in [-0.05, 0) is 19.9 Å². The lowest BCUT2D eigenvalue weighted by atomic mass is 10.0. The summed E-state index contributed by atoms with van der Waals surface area (Å²) in [5.74, 6) is -4.87. The molecule has 0 saturated heterocycles. The lowest BCUT2D eigenvalue weighted by Gasteiger charge is -2.24. The smallest absolute Gasteiger partial charge is 0.453 e. The van der Waals surface area contributed by atoms with Crippen LogP contribution in [-0.4, -0.2) is 23.3 Å². The van der Waals surface area contributed by atoms with Crippen molar-refractivity contribution < 1.29 is 31.8 Å². The molecule has 1 unspecified atom stereocenters. The van der Waals surface area contributed by atoms with E-state index in [1.165, 1.54) is 24.3 Å². The van der Waals surface area contributed by atoms with Crippen LogP contribution >= 0.6 is 0 Å². The maximum absolute atomic E-state index is 12.9. The van der Waals surface area contributed by atoms with Crippen LogP contribution in [0.1, 0.15) is 31.9 Å². The summed E-state index contributed by atoms with van der Waals surface area (Å²) in [5.41, 5.74) is -0.0925. The molecule has 1 atom stereocenters. The van der Waals surface area contributed by atoms with Gasteiger partial charge in [-0.2, -0.15) is 22.0 Å². The SMILES string of the molecule is CC(C)Oc1ccccc1C(O)CC(F)(F)C(F)(F)F. The van der Waals surface area contributed by atoms with Crippen LogP contribution in [0.5, 0.6) is 5.75 Å². The quantitative estimate of drug-likeness (QED) is 0.829. The van der Waals surface area contributed by atoms with Crippen molar-refractivity contribution >= 4 is 0 Å². The third-order valence-electron chi connectivity index (χ3n) is 2.51. The second-order valence-electron chi connectivity index (χ2n) is 4.63. The molecule has 1 aromatic carbocycles. The maximum atomic E-state index is 12.9. The first-order chi connectivity index (χ1) is 9.04. The zero-order chi connectivity index (χ0) is 15.6. The van der Waals surface area contributed by atoms with Crippen LogP contribution in [0, 0.1) is 0 Å². The molecule has 114 valence electrons. The van der Waals surface area contributed by atoms with Crippen molar-refractivity contribution in [3.05, 3.63) is 29.8 Å². The van der Waals surface area contributed by atoms with Crippen molar-refractivity contribution in [2.24, 2.45) is 0 Å². The van der Waals surface area contributed by atoms with Crippen molar-refractivity contribution in [3.8, 4) is 5.75 Å². The molecule has 0 fully saturated rings. The lowest BCUT2D eigenvalue weighted by Crippen LogP contribution is -2.37. The Morgan fingerprint density at radius 2 is 1.65 bits per heavy atom. The monoisotopic (exact) mass is 298 g/mol. The third-order valence-corrected chi connectivity index (χ3v) is 2.51. The van der Waals surface area contributed by atoms with Gasteiger partial charge in [0.1, 0.15) is 5.75 Å². The van der Waals surface area contributed by atoms with E-state index in [2.05, 4.69) is 0 Å². The van der Waals surface area contributed by atoms with Crippen LogP contribution in [0.25, 0.3) is 0 Å². The van der Waals surface area contributed by atoms with Gasteiger partial charge in [0, 0.05) is 5.56 Å². The van der Waals surface area contributed by atoms with E-state index in [-0.39, 0.29) is 17.4 Å². The first-order valence-electron chi connectivity index (χ1n) is 5.93. The van der Waals surface area contributed by atoms with Crippen molar-refractivity contribution in [2.45, 2.75) is 44.6 Å². The molecule has 0 amide bonds. The molecule has 0 saturated carbocycles. The Kier molecular flexibility index (Phi) is 4.96. The second-order valence-corrected chi connectivity index (χ2v) is 4.63. The van der Waals surface area contributed by atoms with Crippen LogP contribution < -0.4 is 4.74 Å². The van der Waals surface area contributed by atoms with Crippen molar-refractivity contribution in [2.75, 3.05) is 0 Å². The molecule has 0 spiro atoms. The normalized spacial score (nSPS) is 14.4. The molecule has 7 heteroatoms. The van der Waals surface area contributed by atoms with Crippen LogP contribution in [-0.2, 0) is 0 Å². The summed E-state index contributed by atoms with van der Waals surface area (Å²) in [5, 5.41) is 9.65. The van der Waals surface area contributed by atoms with Gasteiger partial charge in [0.15, 0.2) is 0 Å². The van der Waals surface area contributed by atoms with Crippen LogP contribution in [0.3, 0.4) is 0 Å². The summed E-state index contributed by atoms with van der Waals surface area (Å²) in [4.78, 5) is 0. The number of hydrogen-bond acceptors (Lipinski definition) is 2. The molecule has 0 radical (unpaired) electrons. The number of benzene rings is 1. The number of alkyl halides is 5. The molecule has 1 rings (SSSR count). The Labute approximate surface area is 113 Å². The minimum atomic E-state index is -5.69. The summed E-state index contributed by atoms with van der Waals surface area (Å²) < 4.78 is 67.5. The summed E-state index contributed by atoms with van der Waals surface area (Å²) >= 11 is 0. The molecule has 1 aromatic rings. The standard InChI is InChI=1S/C13H15F5O2/c1-8(2)20-11-6-4-3-5-9(11)10(19)7-12(14,15)13(16,17)18/h3-6,8,10,19H,7H2,1-2H3. The van der Waals surface area contributed by atoms with Crippen molar-refractivity contribution in [3.63, 3.8) is 0 Å². The minimum absolute atomic E-state index is 0.0907. The summed E-state index contributed by atoms with van der Waals surface area (Å²) in [6.45, 7) is 3.35. The maximum Gasteiger partial charge on any atom is 0.453 e. The first kappa shape index (κ1) is 16.7. The van der Waals surface area contributed by atoms with E-state index in [4.69, 9.17) is 4.74 Å². The van der Waals surface area contributed by atoms with E-state index >= 15 is 0 Å². The molecular weight excluding hydrogens is 283 g/mol. The molecule has 0 bridgehead atoms. The predicted octanol–water partition coefficient (Wildman–Crippen LogP) is 4.09. The van der Waals surface area contributed by atoms with Crippen LogP contribution in [0.2, 0.25) is 0 Å². The highest BCUT2D eigenvalue weighted by Gasteiger charge is 2.58. The Bertz CT molecular complexity index is 443. The third kappa shape index (κ3) is 4.06. The summed E-state index contributed by atoms with van der Waals surface area (Å²) in [6.07, 6.45) is -9.70. The molecular formula is C13H15F5O2.